The fraction of sp³-hybridized carbons (Fsp3) is 0.700. The molecule has 1 saturated heterocycles. The largest absolute Gasteiger partial charge is 0.331 e. The number of imide groups is 2. The van der Waals surface area contributed by atoms with Crippen molar-refractivity contribution in [2.45, 2.75) is 26.8 Å². The van der Waals surface area contributed by atoms with Gasteiger partial charge in [0.05, 0.1) is 0 Å². The quantitative estimate of drug-likeness (QED) is 0.747. The van der Waals surface area contributed by atoms with Crippen LogP contribution in [0.3, 0.4) is 0 Å². The molecule has 5 nitrogen and oxygen atoms in total. The SMILES string of the molecule is CSCC(C)N1C(=O)NC(=O)C(C)(C)C1=O. The van der Waals surface area contributed by atoms with E-state index in [4.69, 9.17) is 0 Å². The Bertz CT molecular complexity index is 341. The van der Waals surface area contributed by atoms with Crippen molar-refractivity contribution in [1.29, 1.82) is 0 Å². The molecule has 1 aliphatic heterocycles. The topological polar surface area (TPSA) is 66.5 Å². The van der Waals surface area contributed by atoms with Crippen molar-refractivity contribution < 1.29 is 14.4 Å². The predicted octanol–water partition coefficient (Wildman–Crippen LogP) is 0.842. The summed E-state index contributed by atoms with van der Waals surface area (Å²) in [5.74, 6) is -0.304. The van der Waals surface area contributed by atoms with Crippen LogP contribution in [0.15, 0.2) is 0 Å². The first-order chi connectivity index (χ1) is 7.32. The molecular weight excluding hydrogens is 228 g/mol. The lowest BCUT2D eigenvalue weighted by Crippen LogP contribution is -2.64. The van der Waals surface area contributed by atoms with Gasteiger partial charge in [0.15, 0.2) is 0 Å². The molecule has 0 aromatic rings. The van der Waals surface area contributed by atoms with Crippen molar-refractivity contribution in [2.24, 2.45) is 5.41 Å². The molecule has 1 rings (SSSR count). The third-order valence-electron chi connectivity index (χ3n) is 2.61. The molecule has 1 atom stereocenters. The number of hydrogen-bond acceptors (Lipinski definition) is 4. The zero-order chi connectivity index (χ0) is 12.5. The molecule has 90 valence electrons. The van der Waals surface area contributed by atoms with Crippen molar-refractivity contribution in [3.05, 3.63) is 0 Å². The van der Waals surface area contributed by atoms with Crippen LogP contribution in [-0.4, -0.2) is 40.8 Å². The van der Waals surface area contributed by atoms with Gasteiger partial charge in [-0.25, -0.2) is 4.79 Å². The summed E-state index contributed by atoms with van der Waals surface area (Å²) >= 11 is 1.55. The van der Waals surface area contributed by atoms with E-state index in [0.29, 0.717) is 5.75 Å². The van der Waals surface area contributed by atoms with Crippen LogP contribution >= 0.6 is 11.8 Å². The minimum absolute atomic E-state index is 0.213. The van der Waals surface area contributed by atoms with E-state index in [-0.39, 0.29) is 6.04 Å². The maximum absolute atomic E-state index is 12.0. The van der Waals surface area contributed by atoms with Gasteiger partial charge in [-0.1, -0.05) is 0 Å². The first kappa shape index (κ1) is 13.0. The molecule has 1 fully saturated rings. The number of carbonyl (C=O) groups is 3. The van der Waals surface area contributed by atoms with Crippen molar-refractivity contribution in [1.82, 2.24) is 10.2 Å². The van der Waals surface area contributed by atoms with Crippen molar-refractivity contribution in [3.63, 3.8) is 0 Å². The molecule has 4 amide bonds. The Morgan fingerprint density at radius 3 is 2.44 bits per heavy atom. The summed E-state index contributed by atoms with van der Waals surface area (Å²) in [7, 11) is 0. The Hall–Kier alpha value is -1.04. The lowest BCUT2D eigenvalue weighted by Gasteiger charge is -2.37. The van der Waals surface area contributed by atoms with E-state index in [2.05, 4.69) is 5.32 Å². The summed E-state index contributed by atoms with van der Waals surface area (Å²) in [6.07, 6.45) is 1.90. The standard InChI is InChI=1S/C10H16N2O3S/c1-6(5-16-4)12-8(14)10(2,3)7(13)11-9(12)15/h6H,5H2,1-4H3,(H,11,13,15). The maximum Gasteiger partial charge on any atom is 0.331 e. The zero-order valence-electron chi connectivity index (χ0n) is 9.86. The first-order valence-corrected chi connectivity index (χ1v) is 6.39. The van der Waals surface area contributed by atoms with Crippen LogP contribution in [0.25, 0.3) is 0 Å². The van der Waals surface area contributed by atoms with Gasteiger partial charge in [-0.2, -0.15) is 11.8 Å². The number of thioether (sulfide) groups is 1. The fourth-order valence-corrected chi connectivity index (χ4v) is 2.15. The zero-order valence-corrected chi connectivity index (χ0v) is 10.7. The number of nitrogens with one attached hydrogen (secondary N) is 1. The lowest BCUT2D eigenvalue weighted by molar-refractivity contribution is -0.150. The third-order valence-corrected chi connectivity index (χ3v) is 3.42. The molecule has 0 aliphatic carbocycles. The predicted molar refractivity (Wildman–Crippen MR) is 62.0 cm³/mol. The molecule has 0 bridgehead atoms. The molecule has 16 heavy (non-hydrogen) atoms. The maximum atomic E-state index is 12.0. The molecule has 0 saturated carbocycles. The van der Waals surface area contributed by atoms with Gasteiger partial charge >= 0.3 is 6.03 Å². The van der Waals surface area contributed by atoms with Crippen LogP contribution in [0, 0.1) is 5.41 Å². The van der Waals surface area contributed by atoms with E-state index in [1.165, 1.54) is 13.8 Å². The highest BCUT2D eigenvalue weighted by Crippen LogP contribution is 2.25. The van der Waals surface area contributed by atoms with Gasteiger partial charge in [-0.3, -0.25) is 19.8 Å². The molecule has 1 aliphatic rings. The second kappa shape index (κ2) is 4.45. The summed E-state index contributed by atoms with van der Waals surface area (Å²) in [6.45, 7) is 4.84. The highest BCUT2D eigenvalue weighted by molar-refractivity contribution is 7.98. The monoisotopic (exact) mass is 244 g/mol. The normalized spacial score (nSPS) is 22.0. The summed E-state index contributed by atoms with van der Waals surface area (Å²) in [5.41, 5.74) is -1.17. The summed E-state index contributed by atoms with van der Waals surface area (Å²) < 4.78 is 0. The molecule has 0 aromatic carbocycles. The Balaban J connectivity index is 2.97. The lowest BCUT2D eigenvalue weighted by atomic mass is 9.88. The third kappa shape index (κ3) is 2.07. The van der Waals surface area contributed by atoms with Crippen molar-refractivity contribution >= 4 is 29.6 Å². The minimum atomic E-state index is -1.17. The van der Waals surface area contributed by atoms with Gasteiger partial charge in [0, 0.05) is 11.8 Å². The average molecular weight is 244 g/mol. The highest BCUT2D eigenvalue weighted by Gasteiger charge is 2.48. The van der Waals surface area contributed by atoms with E-state index < -0.39 is 23.3 Å². The van der Waals surface area contributed by atoms with Crippen LogP contribution in [0.4, 0.5) is 4.79 Å². The van der Waals surface area contributed by atoms with Gasteiger partial charge in [0.1, 0.15) is 5.41 Å². The molecule has 1 N–H and O–H groups in total. The van der Waals surface area contributed by atoms with Gasteiger partial charge in [0.25, 0.3) is 0 Å². The second-order valence-electron chi connectivity index (χ2n) is 4.36. The second-order valence-corrected chi connectivity index (χ2v) is 5.27. The molecule has 6 heteroatoms. The average Bonchev–Trinajstić information content (AvgIpc) is 2.16. The Kier molecular flexibility index (Phi) is 3.62. The number of hydrogen-bond donors (Lipinski definition) is 1. The van der Waals surface area contributed by atoms with E-state index in [1.807, 2.05) is 6.26 Å². The van der Waals surface area contributed by atoms with Gasteiger partial charge < -0.3 is 0 Å². The van der Waals surface area contributed by atoms with Crippen LogP contribution in [-0.2, 0) is 9.59 Å². The highest BCUT2D eigenvalue weighted by atomic mass is 32.2. The number of rotatable bonds is 3. The van der Waals surface area contributed by atoms with Crippen LogP contribution in [0.2, 0.25) is 0 Å². The molecule has 1 unspecified atom stereocenters. The van der Waals surface area contributed by atoms with Crippen molar-refractivity contribution in [2.75, 3.05) is 12.0 Å². The molecule has 0 radical (unpaired) electrons. The molecule has 0 spiro atoms. The van der Waals surface area contributed by atoms with Crippen LogP contribution in [0.1, 0.15) is 20.8 Å². The number of barbiturate groups is 1. The van der Waals surface area contributed by atoms with Crippen LogP contribution < -0.4 is 5.32 Å². The summed E-state index contributed by atoms with van der Waals surface area (Å²) in [5, 5.41) is 2.21. The number of carbonyl (C=O) groups excluding carboxylic acids is 3. The van der Waals surface area contributed by atoms with E-state index in [1.54, 1.807) is 18.7 Å². The number of nitrogens with zero attached hydrogens (tertiary/aromatic N) is 1. The van der Waals surface area contributed by atoms with Gasteiger partial charge in [-0.05, 0) is 27.0 Å². The molecule has 0 aromatic heterocycles. The Morgan fingerprint density at radius 2 is 1.94 bits per heavy atom. The minimum Gasteiger partial charge on any atom is -0.277 e. The smallest absolute Gasteiger partial charge is 0.277 e. The summed E-state index contributed by atoms with van der Waals surface area (Å²) in [6, 6.07) is -0.828. The van der Waals surface area contributed by atoms with E-state index >= 15 is 0 Å². The van der Waals surface area contributed by atoms with Gasteiger partial charge in [0.2, 0.25) is 11.8 Å². The number of amides is 4. The fourth-order valence-electron chi connectivity index (χ4n) is 1.52. The van der Waals surface area contributed by atoms with E-state index in [0.717, 1.165) is 4.90 Å². The molecular formula is C10H16N2O3S. The first-order valence-electron chi connectivity index (χ1n) is 5.00. The summed E-state index contributed by atoms with van der Waals surface area (Å²) in [4.78, 5) is 36.2. The molecule has 1 heterocycles. The van der Waals surface area contributed by atoms with E-state index in [9.17, 15) is 14.4 Å². The van der Waals surface area contributed by atoms with Gasteiger partial charge in [-0.15, -0.1) is 0 Å². The number of urea groups is 1. The van der Waals surface area contributed by atoms with Crippen molar-refractivity contribution in [3.8, 4) is 0 Å². The Morgan fingerprint density at radius 1 is 1.38 bits per heavy atom. The Labute approximate surface area is 98.9 Å². The van der Waals surface area contributed by atoms with Crippen LogP contribution in [0.5, 0.6) is 0 Å².